The summed E-state index contributed by atoms with van der Waals surface area (Å²) in [6, 6.07) is 19.0. The first-order valence-corrected chi connectivity index (χ1v) is 13.7. The standard InChI is InChI=1S/C32H36F3N3O3/c1-5-22-10-8-9-13-27(22)25-14-21(15-26(16-25)32(33,34)35)18-37-29(39)19-36-28-17-23-11-6-7-12-24(23)20-38(28)30(40)41-31(2,3)4/h6-16,28,36H,5,17-20H2,1-4H3,(H,37,39)/t28-/m1/s1. The van der Waals surface area contributed by atoms with E-state index >= 15 is 0 Å². The number of carbonyl (C=O) groups excluding carboxylic acids is 2. The Kier molecular flexibility index (Phi) is 9.07. The average molecular weight is 568 g/mol. The van der Waals surface area contributed by atoms with Crippen molar-refractivity contribution in [3.05, 3.63) is 94.5 Å². The van der Waals surface area contributed by atoms with Gasteiger partial charge in [0.15, 0.2) is 0 Å². The maximum absolute atomic E-state index is 13.7. The van der Waals surface area contributed by atoms with E-state index in [1.54, 1.807) is 43.9 Å². The summed E-state index contributed by atoms with van der Waals surface area (Å²) < 4.78 is 46.8. The quantitative estimate of drug-likeness (QED) is 0.344. The topological polar surface area (TPSA) is 70.7 Å². The molecule has 0 bridgehead atoms. The normalized spacial score (nSPS) is 15.3. The molecule has 41 heavy (non-hydrogen) atoms. The number of nitrogens with one attached hydrogen (secondary N) is 2. The highest BCUT2D eigenvalue weighted by Gasteiger charge is 2.33. The van der Waals surface area contributed by atoms with Crippen LogP contribution in [0.5, 0.6) is 0 Å². The van der Waals surface area contributed by atoms with Crippen LogP contribution in [0.15, 0.2) is 66.7 Å². The minimum atomic E-state index is -4.53. The minimum absolute atomic E-state index is 0.0744. The van der Waals surface area contributed by atoms with Crippen molar-refractivity contribution in [1.29, 1.82) is 0 Å². The molecular weight excluding hydrogens is 531 g/mol. The summed E-state index contributed by atoms with van der Waals surface area (Å²) in [7, 11) is 0. The van der Waals surface area contributed by atoms with E-state index in [2.05, 4.69) is 10.6 Å². The van der Waals surface area contributed by atoms with Crippen LogP contribution in [-0.2, 0) is 41.6 Å². The van der Waals surface area contributed by atoms with E-state index in [1.807, 2.05) is 43.3 Å². The zero-order valence-electron chi connectivity index (χ0n) is 23.8. The first-order valence-electron chi connectivity index (χ1n) is 13.7. The number of benzene rings is 3. The molecule has 0 fully saturated rings. The third kappa shape index (κ3) is 7.88. The molecule has 0 saturated carbocycles. The molecular formula is C32H36F3N3O3. The second-order valence-electron chi connectivity index (χ2n) is 11.2. The Balaban J connectivity index is 1.46. The second kappa shape index (κ2) is 12.3. The Labute approximate surface area is 238 Å². The summed E-state index contributed by atoms with van der Waals surface area (Å²) in [5.74, 6) is -0.402. The highest BCUT2D eigenvalue weighted by Crippen LogP contribution is 2.34. The van der Waals surface area contributed by atoms with Gasteiger partial charge in [-0.1, -0.05) is 55.5 Å². The molecule has 0 aromatic heterocycles. The Morgan fingerprint density at radius 2 is 1.66 bits per heavy atom. The summed E-state index contributed by atoms with van der Waals surface area (Å²) in [6.45, 7) is 7.45. The van der Waals surface area contributed by atoms with E-state index < -0.39 is 35.5 Å². The number of nitrogens with zero attached hydrogens (tertiary/aromatic N) is 1. The van der Waals surface area contributed by atoms with Crippen LogP contribution in [0.25, 0.3) is 11.1 Å². The van der Waals surface area contributed by atoms with Crippen LogP contribution in [0.4, 0.5) is 18.0 Å². The van der Waals surface area contributed by atoms with Crippen molar-refractivity contribution in [1.82, 2.24) is 15.5 Å². The predicted octanol–water partition coefficient (Wildman–Crippen LogP) is 6.46. The summed E-state index contributed by atoms with van der Waals surface area (Å²) in [5.41, 5.74) is 3.09. The van der Waals surface area contributed by atoms with Gasteiger partial charge in [-0.3, -0.25) is 15.0 Å². The first-order chi connectivity index (χ1) is 19.3. The van der Waals surface area contributed by atoms with Gasteiger partial charge in [-0.15, -0.1) is 0 Å². The van der Waals surface area contributed by atoms with Gasteiger partial charge in [0.2, 0.25) is 5.91 Å². The maximum Gasteiger partial charge on any atom is 0.416 e. The zero-order chi connectivity index (χ0) is 29.8. The van der Waals surface area contributed by atoms with Gasteiger partial charge in [0.1, 0.15) is 5.60 Å². The monoisotopic (exact) mass is 567 g/mol. The summed E-state index contributed by atoms with van der Waals surface area (Å²) in [6.07, 6.45) is -4.35. The molecule has 6 nitrogen and oxygen atoms in total. The molecule has 1 aliphatic heterocycles. The molecule has 3 aromatic carbocycles. The predicted molar refractivity (Wildman–Crippen MR) is 152 cm³/mol. The van der Waals surface area contributed by atoms with E-state index in [-0.39, 0.29) is 13.1 Å². The van der Waals surface area contributed by atoms with Crippen molar-refractivity contribution in [2.24, 2.45) is 0 Å². The van der Waals surface area contributed by atoms with Crippen LogP contribution in [0.1, 0.15) is 55.5 Å². The Bertz CT molecular complexity index is 1400. The molecule has 1 aliphatic rings. The SMILES string of the molecule is CCc1ccccc1-c1cc(CNC(=O)CN[C@H]2Cc3ccccc3CN2C(=O)OC(C)(C)C)cc(C(F)(F)F)c1. The lowest BCUT2D eigenvalue weighted by molar-refractivity contribution is -0.137. The summed E-state index contributed by atoms with van der Waals surface area (Å²) in [5, 5.41) is 5.86. The van der Waals surface area contributed by atoms with Crippen molar-refractivity contribution in [2.45, 2.75) is 71.6 Å². The number of amides is 2. The molecule has 218 valence electrons. The van der Waals surface area contributed by atoms with E-state index in [0.717, 1.165) is 34.4 Å². The second-order valence-corrected chi connectivity index (χ2v) is 11.2. The van der Waals surface area contributed by atoms with Crippen LogP contribution in [0.3, 0.4) is 0 Å². The fourth-order valence-corrected chi connectivity index (χ4v) is 4.91. The molecule has 3 aromatic rings. The highest BCUT2D eigenvalue weighted by atomic mass is 19.4. The Hall–Kier alpha value is -3.85. The number of aryl methyl sites for hydroxylation is 1. The fourth-order valence-electron chi connectivity index (χ4n) is 4.91. The maximum atomic E-state index is 13.7. The molecule has 0 saturated heterocycles. The molecule has 4 rings (SSSR count). The smallest absolute Gasteiger partial charge is 0.416 e. The molecule has 9 heteroatoms. The highest BCUT2D eigenvalue weighted by molar-refractivity contribution is 5.78. The molecule has 0 unspecified atom stereocenters. The van der Waals surface area contributed by atoms with Gasteiger partial charge in [0.25, 0.3) is 0 Å². The van der Waals surface area contributed by atoms with Gasteiger partial charge in [0, 0.05) is 13.0 Å². The lowest BCUT2D eigenvalue weighted by Crippen LogP contribution is -2.55. The van der Waals surface area contributed by atoms with Crippen molar-refractivity contribution >= 4 is 12.0 Å². The van der Waals surface area contributed by atoms with E-state index in [0.29, 0.717) is 30.5 Å². The number of alkyl halides is 3. The molecule has 0 radical (unpaired) electrons. The van der Waals surface area contributed by atoms with Crippen molar-refractivity contribution in [2.75, 3.05) is 6.54 Å². The number of halogens is 3. The van der Waals surface area contributed by atoms with Gasteiger partial charge < -0.3 is 10.1 Å². The first kappa shape index (κ1) is 30.1. The number of fused-ring (bicyclic) bond motifs is 1. The third-order valence-corrected chi connectivity index (χ3v) is 6.89. The zero-order valence-corrected chi connectivity index (χ0v) is 23.8. The Morgan fingerprint density at radius 3 is 2.34 bits per heavy atom. The van der Waals surface area contributed by atoms with Gasteiger partial charge in [-0.05, 0) is 78.8 Å². The number of rotatable bonds is 7. The molecule has 1 heterocycles. The molecule has 0 aliphatic carbocycles. The molecule has 2 N–H and O–H groups in total. The third-order valence-electron chi connectivity index (χ3n) is 6.89. The number of ether oxygens (including phenoxy) is 1. The summed E-state index contributed by atoms with van der Waals surface area (Å²) >= 11 is 0. The number of hydrogen-bond donors (Lipinski definition) is 2. The van der Waals surface area contributed by atoms with Gasteiger partial charge >= 0.3 is 12.3 Å². The van der Waals surface area contributed by atoms with Crippen LogP contribution < -0.4 is 10.6 Å². The lowest BCUT2D eigenvalue weighted by Gasteiger charge is -2.38. The molecule has 0 spiro atoms. The van der Waals surface area contributed by atoms with Crippen molar-refractivity contribution in [3.8, 4) is 11.1 Å². The van der Waals surface area contributed by atoms with Crippen LogP contribution >= 0.6 is 0 Å². The van der Waals surface area contributed by atoms with Gasteiger partial charge in [-0.25, -0.2) is 4.79 Å². The average Bonchev–Trinajstić information content (AvgIpc) is 2.92. The van der Waals surface area contributed by atoms with E-state index in [9.17, 15) is 22.8 Å². The van der Waals surface area contributed by atoms with Crippen molar-refractivity contribution < 1.29 is 27.5 Å². The summed E-state index contributed by atoms with van der Waals surface area (Å²) in [4.78, 5) is 27.3. The molecule has 1 atom stereocenters. The minimum Gasteiger partial charge on any atom is -0.444 e. The lowest BCUT2D eigenvalue weighted by atomic mass is 9.94. The fraction of sp³-hybridized carbons (Fsp3) is 0.375. The molecule has 2 amide bonds. The van der Waals surface area contributed by atoms with E-state index in [1.165, 1.54) is 0 Å². The largest absolute Gasteiger partial charge is 0.444 e. The van der Waals surface area contributed by atoms with Gasteiger partial charge in [-0.2, -0.15) is 13.2 Å². The number of hydrogen-bond acceptors (Lipinski definition) is 4. The van der Waals surface area contributed by atoms with Crippen molar-refractivity contribution in [3.63, 3.8) is 0 Å². The van der Waals surface area contributed by atoms with E-state index in [4.69, 9.17) is 4.74 Å². The van der Waals surface area contributed by atoms with Crippen LogP contribution in [-0.4, -0.2) is 35.2 Å². The van der Waals surface area contributed by atoms with Crippen LogP contribution in [0, 0.1) is 0 Å². The Morgan fingerprint density at radius 1 is 0.976 bits per heavy atom. The van der Waals surface area contributed by atoms with Gasteiger partial charge in [0.05, 0.1) is 24.8 Å². The van der Waals surface area contributed by atoms with Crippen LogP contribution in [0.2, 0.25) is 0 Å². The number of carbonyl (C=O) groups is 2.